The molecule has 0 radical (unpaired) electrons. The zero-order valence-corrected chi connectivity index (χ0v) is 19.2. The van der Waals surface area contributed by atoms with Crippen LogP contribution in [0.3, 0.4) is 0 Å². The third-order valence-electron chi connectivity index (χ3n) is 4.98. The molecule has 26 heavy (non-hydrogen) atoms. The summed E-state index contributed by atoms with van der Waals surface area (Å²) in [6, 6.07) is 9.26. The number of ether oxygens (including phenoxy) is 1. The molecule has 2 unspecified atom stereocenters. The highest BCUT2D eigenvalue weighted by atomic mass is 127. The number of hydrogen-bond donors (Lipinski definition) is 1. The van der Waals surface area contributed by atoms with E-state index in [1.807, 2.05) is 7.05 Å². The quantitative estimate of drug-likeness (QED) is 0.375. The van der Waals surface area contributed by atoms with Crippen LogP contribution in [0.15, 0.2) is 29.3 Å². The maximum Gasteiger partial charge on any atom is 0.193 e. The van der Waals surface area contributed by atoms with Crippen molar-refractivity contribution in [3.05, 3.63) is 35.4 Å². The topological polar surface area (TPSA) is 40.1 Å². The number of likely N-dealkylation sites (N-methyl/N-ethyl adjacent to an activating group) is 1. The molecule has 2 rings (SSSR count). The van der Waals surface area contributed by atoms with E-state index in [9.17, 15) is 0 Å². The number of aliphatic imine (C=N–C) groups is 1. The summed E-state index contributed by atoms with van der Waals surface area (Å²) in [5.74, 6) is 1.55. The zero-order chi connectivity index (χ0) is 18.2. The molecule has 0 aromatic heterocycles. The predicted molar refractivity (Wildman–Crippen MR) is 121 cm³/mol. The van der Waals surface area contributed by atoms with Crippen LogP contribution in [0, 0.1) is 5.92 Å². The smallest absolute Gasteiger partial charge is 0.193 e. The molecule has 5 nitrogen and oxygen atoms in total. The maximum atomic E-state index is 5.48. The first kappa shape index (κ1) is 23.2. The number of rotatable bonds is 7. The molecule has 1 aliphatic heterocycles. The minimum absolute atomic E-state index is 0. The van der Waals surface area contributed by atoms with Gasteiger partial charge in [0.25, 0.3) is 0 Å². The Morgan fingerprint density at radius 1 is 1.27 bits per heavy atom. The Balaban J connectivity index is 0.00000338. The molecule has 0 bridgehead atoms. The highest BCUT2D eigenvalue weighted by molar-refractivity contribution is 14.0. The zero-order valence-electron chi connectivity index (χ0n) is 16.9. The van der Waals surface area contributed by atoms with Crippen LogP contribution in [-0.4, -0.2) is 70.3 Å². The fourth-order valence-corrected chi connectivity index (χ4v) is 3.35. The Labute approximate surface area is 176 Å². The monoisotopic (exact) mass is 474 g/mol. The van der Waals surface area contributed by atoms with Crippen LogP contribution in [0.2, 0.25) is 0 Å². The van der Waals surface area contributed by atoms with E-state index in [0.717, 1.165) is 45.1 Å². The third kappa shape index (κ3) is 6.70. The van der Waals surface area contributed by atoms with Crippen molar-refractivity contribution in [2.75, 3.05) is 54.5 Å². The average molecular weight is 474 g/mol. The number of nitrogens with one attached hydrogen (secondary N) is 1. The molecule has 1 N–H and O–H groups in total. The maximum absolute atomic E-state index is 5.48. The highest BCUT2D eigenvalue weighted by Crippen LogP contribution is 2.19. The van der Waals surface area contributed by atoms with E-state index in [-0.39, 0.29) is 24.0 Å². The van der Waals surface area contributed by atoms with E-state index in [0.29, 0.717) is 12.0 Å². The molecule has 148 valence electrons. The van der Waals surface area contributed by atoms with Crippen LogP contribution in [0.5, 0.6) is 0 Å². The lowest BCUT2D eigenvalue weighted by Crippen LogP contribution is -2.44. The van der Waals surface area contributed by atoms with Gasteiger partial charge in [0.1, 0.15) is 0 Å². The van der Waals surface area contributed by atoms with E-state index in [4.69, 9.17) is 4.74 Å². The first-order chi connectivity index (χ1) is 12.0. The number of nitrogens with zero attached hydrogens (tertiary/aromatic N) is 3. The van der Waals surface area contributed by atoms with Crippen LogP contribution >= 0.6 is 24.0 Å². The van der Waals surface area contributed by atoms with Crippen LogP contribution in [0.25, 0.3) is 0 Å². The van der Waals surface area contributed by atoms with Crippen LogP contribution in [-0.2, 0) is 11.2 Å². The Morgan fingerprint density at radius 2 is 1.96 bits per heavy atom. The standard InChI is InChI=1S/C20H34N4O.HI/c1-6-16-7-9-18(10-8-16)19(23(3)4)13-22-20(21-2)24(5)14-17-11-12-25-15-17;/h7-10,17,19H,6,11-15H2,1-5H3,(H,21,22);1H. The number of hydrogen-bond acceptors (Lipinski definition) is 3. The Kier molecular flexibility index (Phi) is 10.5. The number of aryl methyl sites for hydroxylation is 1. The summed E-state index contributed by atoms with van der Waals surface area (Å²) >= 11 is 0. The minimum Gasteiger partial charge on any atom is -0.381 e. The number of benzene rings is 1. The fraction of sp³-hybridized carbons (Fsp3) is 0.650. The lowest BCUT2D eigenvalue weighted by Gasteiger charge is -2.29. The second kappa shape index (κ2) is 11.8. The number of halogens is 1. The molecule has 1 saturated heterocycles. The van der Waals surface area contributed by atoms with Gasteiger partial charge in [-0.15, -0.1) is 24.0 Å². The van der Waals surface area contributed by atoms with Gasteiger partial charge in [-0.25, -0.2) is 0 Å². The molecule has 0 spiro atoms. The van der Waals surface area contributed by atoms with Crippen molar-refractivity contribution in [2.45, 2.75) is 25.8 Å². The third-order valence-corrected chi connectivity index (χ3v) is 4.98. The van der Waals surface area contributed by atoms with Crippen molar-refractivity contribution in [1.29, 1.82) is 0 Å². The normalized spacial score (nSPS) is 18.5. The Hall–Kier alpha value is -0.860. The largest absolute Gasteiger partial charge is 0.381 e. The summed E-state index contributed by atoms with van der Waals surface area (Å²) in [6.45, 7) is 5.76. The SMILES string of the molecule is CCc1ccc(C(CNC(=NC)N(C)CC2CCOC2)N(C)C)cc1.I. The van der Waals surface area contributed by atoms with Crippen LogP contribution in [0.4, 0.5) is 0 Å². The molecule has 1 aromatic carbocycles. The van der Waals surface area contributed by atoms with Gasteiger partial charge in [-0.05, 0) is 38.1 Å². The van der Waals surface area contributed by atoms with Crippen LogP contribution in [0.1, 0.15) is 30.5 Å². The summed E-state index contributed by atoms with van der Waals surface area (Å²) in [6.07, 6.45) is 2.22. The molecular formula is C20H35IN4O. The van der Waals surface area contributed by atoms with Crippen molar-refractivity contribution in [3.8, 4) is 0 Å². The summed E-state index contributed by atoms with van der Waals surface area (Å²) in [7, 11) is 8.21. The van der Waals surface area contributed by atoms with Gasteiger partial charge in [0, 0.05) is 39.7 Å². The van der Waals surface area contributed by atoms with Gasteiger partial charge in [-0.3, -0.25) is 4.99 Å². The average Bonchev–Trinajstić information content (AvgIpc) is 3.11. The van der Waals surface area contributed by atoms with E-state index in [2.05, 4.69) is 72.4 Å². The van der Waals surface area contributed by atoms with Gasteiger partial charge in [0.15, 0.2) is 5.96 Å². The van der Waals surface area contributed by atoms with Gasteiger partial charge in [-0.1, -0.05) is 31.2 Å². The first-order valence-corrected chi connectivity index (χ1v) is 9.30. The minimum atomic E-state index is 0. The molecule has 1 aromatic rings. The van der Waals surface area contributed by atoms with E-state index >= 15 is 0 Å². The summed E-state index contributed by atoms with van der Waals surface area (Å²) in [4.78, 5) is 8.93. The lowest BCUT2D eigenvalue weighted by molar-refractivity contribution is 0.181. The molecule has 0 saturated carbocycles. The summed E-state index contributed by atoms with van der Waals surface area (Å²) in [5.41, 5.74) is 2.71. The fourth-order valence-electron chi connectivity index (χ4n) is 3.35. The molecule has 6 heteroatoms. The van der Waals surface area contributed by atoms with Crippen molar-refractivity contribution in [2.24, 2.45) is 10.9 Å². The van der Waals surface area contributed by atoms with E-state index in [1.165, 1.54) is 11.1 Å². The molecular weight excluding hydrogens is 439 g/mol. The Morgan fingerprint density at radius 3 is 2.46 bits per heavy atom. The van der Waals surface area contributed by atoms with Crippen molar-refractivity contribution in [1.82, 2.24) is 15.1 Å². The molecule has 1 fully saturated rings. The summed E-state index contributed by atoms with van der Waals surface area (Å²) in [5, 5.41) is 3.55. The molecule has 1 aliphatic rings. The molecule has 0 aliphatic carbocycles. The van der Waals surface area contributed by atoms with Gasteiger partial charge in [-0.2, -0.15) is 0 Å². The predicted octanol–water partition coefficient (Wildman–Crippen LogP) is 3.01. The molecule has 0 amide bonds. The second-order valence-corrected chi connectivity index (χ2v) is 7.11. The van der Waals surface area contributed by atoms with Gasteiger partial charge in [0.05, 0.1) is 12.6 Å². The van der Waals surface area contributed by atoms with Crippen molar-refractivity contribution >= 4 is 29.9 Å². The van der Waals surface area contributed by atoms with E-state index < -0.39 is 0 Å². The Bertz CT molecular complexity index is 541. The first-order valence-electron chi connectivity index (χ1n) is 9.30. The highest BCUT2D eigenvalue weighted by Gasteiger charge is 2.20. The second-order valence-electron chi connectivity index (χ2n) is 7.11. The lowest BCUT2D eigenvalue weighted by atomic mass is 10.0. The van der Waals surface area contributed by atoms with E-state index in [1.54, 1.807) is 0 Å². The number of guanidine groups is 1. The van der Waals surface area contributed by atoms with Crippen molar-refractivity contribution in [3.63, 3.8) is 0 Å². The van der Waals surface area contributed by atoms with Gasteiger partial charge in [0.2, 0.25) is 0 Å². The van der Waals surface area contributed by atoms with Crippen molar-refractivity contribution < 1.29 is 4.74 Å². The molecule has 2 atom stereocenters. The van der Waals surface area contributed by atoms with Crippen LogP contribution < -0.4 is 5.32 Å². The summed E-state index contributed by atoms with van der Waals surface area (Å²) < 4.78 is 5.48. The molecule has 1 heterocycles. The van der Waals surface area contributed by atoms with Gasteiger partial charge >= 0.3 is 0 Å². The van der Waals surface area contributed by atoms with Gasteiger partial charge < -0.3 is 19.9 Å².